The number of thiazole rings is 1. The number of rotatable bonds is 4. The highest BCUT2D eigenvalue weighted by molar-refractivity contribution is 7.09. The van der Waals surface area contributed by atoms with E-state index in [1.54, 1.807) is 17.6 Å². The Morgan fingerprint density at radius 1 is 1.39 bits per heavy atom. The molecule has 2 aromatic rings. The van der Waals surface area contributed by atoms with Gasteiger partial charge in [-0.1, -0.05) is 0 Å². The molecule has 2 atom stereocenters. The molecule has 1 amide bonds. The van der Waals surface area contributed by atoms with Crippen molar-refractivity contribution in [2.75, 3.05) is 26.2 Å². The molecule has 0 spiro atoms. The van der Waals surface area contributed by atoms with Gasteiger partial charge in [-0.25, -0.2) is 4.98 Å². The van der Waals surface area contributed by atoms with E-state index < -0.39 is 0 Å². The molecule has 1 saturated heterocycles. The predicted molar refractivity (Wildman–Crippen MR) is 88.3 cm³/mol. The van der Waals surface area contributed by atoms with Crippen LogP contribution in [0, 0.1) is 12.8 Å². The molecule has 3 heterocycles. The number of carbonyl (C=O) groups is 1. The van der Waals surface area contributed by atoms with Crippen LogP contribution in [0.25, 0.3) is 0 Å². The Labute approximate surface area is 139 Å². The summed E-state index contributed by atoms with van der Waals surface area (Å²) in [6.07, 6.45) is 2.62. The maximum absolute atomic E-state index is 12.6. The summed E-state index contributed by atoms with van der Waals surface area (Å²) in [5.41, 5.74) is 1.15. The van der Waals surface area contributed by atoms with E-state index >= 15 is 0 Å². The Bertz CT molecular complexity index is 674. The molecule has 0 N–H and O–H groups in total. The normalized spacial score (nSPS) is 24.8. The van der Waals surface area contributed by atoms with Crippen LogP contribution in [0.5, 0.6) is 0 Å². The van der Waals surface area contributed by atoms with E-state index in [0.29, 0.717) is 11.8 Å². The molecule has 2 aliphatic rings. The van der Waals surface area contributed by atoms with Crippen molar-refractivity contribution in [2.45, 2.75) is 25.8 Å². The molecule has 0 radical (unpaired) electrons. The van der Waals surface area contributed by atoms with Crippen molar-refractivity contribution in [1.29, 1.82) is 0 Å². The zero-order chi connectivity index (χ0) is 15.8. The van der Waals surface area contributed by atoms with Crippen LogP contribution in [0.4, 0.5) is 0 Å². The fourth-order valence-corrected chi connectivity index (χ4v) is 3.96. The maximum atomic E-state index is 12.6. The van der Waals surface area contributed by atoms with Gasteiger partial charge in [-0.2, -0.15) is 0 Å². The van der Waals surface area contributed by atoms with Gasteiger partial charge in [-0.05, 0) is 25.5 Å². The first kappa shape index (κ1) is 14.9. The molecule has 0 aromatic carbocycles. The highest BCUT2D eigenvalue weighted by Crippen LogP contribution is 2.48. The van der Waals surface area contributed by atoms with Gasteiger partial charge in [-0.15, -0.1) is 11.3 Å². The Morgan fingerprint density at radius 3 is 2.87 bits per heavy atom. The number of nitrogens with zero attached hydrogens (tertiary/aromatic N) is 3. The largest absolute Gasteiger partial charge is 0.469 e. The van der Waals surface area contributed by atoms with Crippen molar-refractivity contribution in [1.82, 2.24) is 14.8 Å². The molecule has 1 aliphatic carbocycles. The Balaban J connectivity index is 1.27. The third kappa shape index (κ3) is 3.19. The molecule has 4 rings (SSSR count). The maximum Gasteiger partial charge on any atom is 0.226 e. The summed E-state index contributed by atoms with van der Waals surface area (Å²) in [5.74, 6) is 1.69. The van der Waals surface area contributed by atoms with Crippen LogP contribution in [0.15, 0.2) is 28.2 Å². The second-order valence-electron chi connectivity index (χ2n) is 6.42. The van der Waals surface area contributed by atoms with Crippen molar-refractivity contribution >= 4 is 17.2 Å². The molecule has 0 bridgehead atoms. The first-order valence-electron chi connectivity index (χ1n) is 8.16. The highest BCUT2D eigenvalue weighted by atomic mass is 32.1. The molecule has 0 unspecified atom stereocenters. The van der Waals surface area contributed by atoms with E-state index in [1.165, 1.54) is 0 Å². The second-order valence-corrected chi connectivity index (χ2v) is 7.49. The van der Waals surface area contributed by atoms with Gasteiger partial charge in [0, 0.05) is 49.9 Å². The molecule has 2 aromatic heterocycles. The van der Waals surface area contributed by atoms with Crippen LogP contribution in [-0.4, -0.2) is 46.9 Å². The van der Waals surface area contributed by atoms with Crippen LogP contribution in [0.1, 0.15) is 28.8 Å². The molecule has 122 valence electrons. The highest BCUT2D eigenvalue weighted by Gasteiger charge is 2.47. The summed E-state index contributed by atoms with van der Waals surface area (Å²) in [6, 6.07) is 3.87. The number of amides is 1. The summed E-state index contributed by atoms with van der Waals surface area (Å²) in [4.78, 5) is 21.5. The Kier molecular flexibility index (Phi) is 3.95. The number of furan rings is 1. The number of aryl methyl sites for hydroxylation is 1. The van der Waals surface area contributed by atoms with Gasteiger partial charge in [0.2, 0.25) is 5.91 Å². The van der Waals surface area contributed by atoms with Crippen LogP contribution in [0.3, 0.4) is 0 Å². The monoisotopic (exact) mass is 331 g/mol. The van der Waals surface area contributed by atoms with Crippen LogP contribution >= 0.6 is 11.3 Å². The molecular weight excluding hydrogens is 310 g/mol. The third-order valence-corrected chi connectivity index (χ3v) is 5.57. The predicted octanol–water partition coefficient (Wildman–Crippen LogP) is 2.49. The zero-order valence-electron chi connectivity index (χ0n) is 13.3. The van der Waals surface area contributed by atoms with Crippen molar-refractivity contribution in [3.63, 3.8) is 0 Å². The summed E-state index contributed by atoms with van der Waals surface area (Å²) in [6.45, 7) is 6.44. The minimum Gasteiger partial charge on any atom is -0.469 e. The third-order valence-electron chi connectivity index (χ3n) is 4.75. The molecule has 6 heteroatoms. The number of aromatic nitrogens is 1. The topological polar surface area (TPSA) is 49.6 Å². The second kappa shape index (κ2) is 6.09. The first-order valence-corrected chi connectivity index (χ1v) is 9.04. The van der Waals surface area contributed by atoms with Gasteiger partial charge in [-0.3, -0.25) is 9.69 Å². The van der Waals surface area contributed by atoms with Crippen molar-refractivity contribution in [3.05, 3.63) is 40.2 Å². The number of piperazine rings is 1. The summed E-state index contributed by atoms with van der Waals surface area (Å²) in [5, 5.41) is 3.25. The molecule has 1 aliphatic heterocycles. The zero-order valence-corrected chi connectivity index (χ0v) is 14.1. The summed E-state index contributed by atoms with van der Waals surface area (Å²) >= 11 is 1.70. The standard InChI is InChI=1S/C17H21N3O2S/c1-12-18-13(11-23-12)10-19-4-6-20(7-5-19)17(21)15-9-14(15)16-3-2-8-22-16/h2-3,8,11,14-15H,4-7,9-10H2,1H3/t14-,15-/m1/s1. The Hall–Kier alpha value is -1.66. The van der Waals surface area contributed by atoms with Gasteiger partial charge in [0.1, 0.15) is 5.76 Å². The average molecular weight is 331 g/mol. The quantitative estimate of drug-likeness (QED) is 0.864. The lowest BCUT2D eigenvalue weighted by Gasteiger charge is -2.34. The lowest BCUT2D eigenvalue weighted by Crippen LogP contribution is -2.48. The fourth-order valence-electron chi connectivity index (χ4n) is 3.36. The molecule has 23 heavy (non-hydrogen) atoms. The number of hydrogen-bond acceptors (Lipinski definition) is 5. The lowest BCUT2D eigenvalue weighted by molar-refractivity contribution is -0.134. The van der Waals surface area contributed by atoms with Gasteiger partial charge >= 0.3 is 0 Å². The molecule has 1 saturated carbocycles. The Morgan fingerprint density at radius 2 is 2.22 bits per heavy atom. The summed E-state index contributed by atoms with van der Waals surface area (Å²) in [7, 11) is 0. The first-order chi connectivity index (χ1) is 11.2. The van der Waals surface area contributed by atoms with Crippen LogP contribution < -0.4 is 0 Å². The summed E-state index contributed by atoms with van der Waals surface area (Å²) < 4.78 is 5.43. The van der Waals surface area contributed by atoms with E-state index in [0.717, 1.165) is 55.6 Å². The SMILES string of the molecule is Cc1nc(CN2CCN(C(=O)[C@@H]3C[C@H]3c3ccco3)CC2)cs1. The molecule has 5 nitrogen and oxygen atoms in total. The van der Waals surface area contributed by atoms with E-state index in [1.807, 2.05) is 24.0 Å². The lowest BCUT2D eigenvalue weighted by atomic mass is 10.2. The number of hydrogen-bond donors (Lipinski definition) is 0. The van der Waals surface area contributed by atoms with E-state index in [9.17, 15) is 4.79 Å². The molecule has 2 fully saturated rings. The van der Waals surface area contributed by atoms with Gasteiger partial charge in [0.15, 0.2) is 0 Å². The van der Waals surface area contributed by atoms with Crippen LogP contribution in [0.2, 0.25) is 0 Å². The van der Waals surface area contributed by atoms with Gasteiger partial charge in [0.25, 0.3) is 0 Å². The van der Waals surface area contributed by atoms with Crippen LogP contribution in [-0.2, 0) is 11.3 Å². The molecular formula is C17H21N3O2S. The van der Waals surface area contributed by atoms with E-state index in [-0.39, 0.29) is 5.92 Å². The van der Waals surface area contributed by atoms with Crippen molar-refractivity contribution < 1.29 is 9.21 Å². The van der Waals surface area contributed by atoms with Gasteiger partial charge < -0.3 is 9.32 Å². The fraction of sp³-hybridized carbons (Fsp3) is 0.529. The van der Waals surface area contributed by atoms with Crippen molar-refractivity contribution in [3.8, 4) is 0 Å². The minimum absolute atomic E-state index is 0.133. The minimum atomic E-state index is 0.133. The van der Waals surface area contributed by atoms with E-state index in [4.69, 9.17) is 4.42 Å². The number of carbonyl (C=O) groups excluding carboxylic acids is 1. The smallest absolute Gasteiger partial charge is 0.226 e. The average Bonchev–Trinajstić information content (AvgIpc) is 2.96. The van der Waals surface area contributed by atoms with E-state index in [2.05, 4.69) is 15.3 Å². The van der Waals surface area contributed by atoms with Gasteiger partial charge in [0.05, 0.1) is 17.0 Å². The van der Waals surface area contributed by atoms with Crippen molar-refractivity contribution in [2.24, 2.45) is 5.92 Å².